The fourth-order valence-corrected chi connectivity index (χ4v) is 2.98. The zero-order chi connectivity index (χ0) is 13.9. The second kappa shape index (κ2) is 10.1. The molecule has 0 aliphatic heterocycles. The number of hydrogen-bond donors (Lipinski definition) is 0. The number of ether oxygens (including phenoxy) is 1. The topological polar surface area (TPSA) is 26.3 Å². The third-order valence-electron chi connectivity index (χ3n) is 4.31. The fourth-order valence-electron chi connectivity index (χ4n) is 2.98. The highest BCUT2D eigenvalue weighted by atomic mass is 16.5. The minimum absolute atomic E-state index is 0.280. The van der Waals surface area contributed by atoms with Crippen LogP contribution in [0.5, 0.6) is 0 Å². The Balaban J connectivity index is 2.02. The van der Waals surface area contributed by atoms with Crippen molar-refractivity contribution in [3.63, 3.8) is 0 Å². The lowest BCUT2D eigenvalue weighted by Gasteiger charge is -2.28. The van der Waals surface area contributed by atoms with Crippen molar-refractivity contribution in [1.82, 2.24) is 0 Å². The molecule has 1 rings (SSSR count). The van der Waals surface area contributed by atoms with E-state index in [1.54, 1.807) is 0 Å². The van der Waals surface area contributed by atoms with Gasteiger partial charge in [0.05, 0.1) is 6.61 Å². The van der Waals surface area contributed by atoms with Gasteiger partial charge in [0.2, 0.25) is 0 Å². The van der Waals surface area contributed by atoms with Crippen molar-refractivity contribution in [2.45, 2.75) is 71.1 Å². The smallest absolute Gasteiger partial charge is 0.330 e. The lowest BCUT2D eigenvalue weighted by atomic mass is 9.80. The summed E-state index contributed by atoms with van der Waals surface area (Å²) >= 11 is 0. The molecule has 0 aromatic rings. The molecule has 1 saturated carbocycles. The normalized spacial score (nSPS) is 23.0. The van der Waals surface area contributed by atoms with Crippen LogP contribution in [-0.2, 0) is 9.53 Å². The molecule has 0 saturated heterocycles. The standard InChI is InChI=1S/C17H30O2/c1-3-5-6-7-8-9-15-10-12-16(13-11-15)14-19-17(18)4-2/h4,15-16H,2-3,5-14H2,1H3. The van der Waals surface area contributed by atoms with E-state index in [-0.39, 0.29) is 5.97 Å². The minimum Gasteiger partial charge on any atom is -0.462 e. The number of rotatable bonds is 9. The molecular weight excluding hydrogens is 236 g/mol. The van der Waals surface area contributed by atoms with Crippen molar-refractivity contribution in [2.24, 2.45) is 11.8 Å². The van der Waals surface area contributed by atoms with E-state index in [1.165, 1.54) is 70.3 Å². The molecule has 1 fully saturated rings. The summed E-state index contributed by atoms with van der Waals surface area (Å²) in [5, 5.41) is 0. The molecular formula is C17H30O2. The molecule has 2 heteroatoms. The second-order valence-electron chi connectivity index (χ2n) is 5.92. The average molecular weight is 266 g/mol. The maximum Gasteiger partial charge on any atom is 0.330 e. The van der Waals surface area contributed by atoms with E-state index in [1.807, 2.05) is 0 Å². The van der Waals surface area contributed by atoms with Crippen molar-refractivity contribution in [1.29, 1.82) is 0 Å². The van der Waals surface area contributed by atoms with Crippen molar-refractivity contribution in [2.75, 3.05) is 6.61 Å². The van der Waals surface area contributed by atoms with E-state index in [9.17, 15) is 4.79 Å². The zero-order valence-electron chi connectivity index (χ0n) is 12.5. The van der Waals surface area contributed by atoms with Gasteiger partial charge in [0.25, 0.3) is 0 Å². The molecule has 0 spiro atoms. The molecule has 0 radical (unpaired) electrons. The van der Waals surface area contributed by atoms with Crippen LogP contribution in [0.3, 0.4) is 0 Å². The van der Waals surface area contributed by atoms with E-state index in [4.69, 9.17) is 4.74 Å². The summed E-state index contributed by atoms with van der Waals surface area (Å²) in [6.45, 7) is 6.27. The zero-order valence-corrected chi connectivity index (χ0v) is 12.5. The van der Waals surface area contributed by atoms with Gasteiger partial charge in [-0.2, -0.15) is 0 Å². The van der Waals surface area contributed by atoms with Gasteiger partial charge in [-0.15, -0.1) is 0 Å². The molecule has 0 aromatic carbocycles. The number of unbranched alkanes of at least 4 members (excludes halogenated alkanes) is 4. The van der Waals surface area contributed by atoms with Crippen molar-refractivity contribution < 1.29 is 9.53 Å². The third-order valence-corrected chi connectivity index (χ3v) is 4.31. The van der Waals surface area contributed by atoms with Gasteiger partial charge in [-0.1, -0.05) is 64.9 Å². The van der Waals surface area contributed by atoms with E-state index in [0.717, 1.165) is 5.92 Å². The number of esters is 1. The lowest BCUT2D eigenvalue weighted by molar-refractivity contribution is -0.139. The first-order chi connectivity index (χ1) is 9.26. The first-order valence-corrected chi connectivity index (χ1v) is 8.05. The monoisotopic (exact) mass is 266 g/mol. The van der Waals surface area contributed by atoms with Crippen molar-refractivity contribution in [3.8, 4) is 0 Å². The summed E-state index contributed by atoms with van der Waals surface area (Å²) in [7, 11) is 0. The Kier molecular flexibility index (Phi) is 8.61. The van der Waals surface area contributed by atoms with E-state index in [0.29, 0.717) is 12.5 Å². The molecule has 0 unspecified atom stereocenters. The minimum atomic E-state index is -0.280. The van der Waals surface area contributed by atoms with Crippen LogP contribution in [0.25, 0.3) is 0 Å². The Bertz CT molecular complexity index is 252. The summed E-state index contributed by atoms with van der Waals surface area (Å²) < 4.78 is 5.13. The Hall–Kier alpha value is -0.790. The highest BCUT2D eigenvalue weighted by Crippen LogP contribution is 2.32. The maximum atomic E-state index is 11.0. The summed E-state index contributed by atoms with van der Waals surface area (Å²) in [5.41, 5.74) is 0. The summed E-state index contributed by atoms with van der Waals surface area (Å²) in [6.07, 6.45) is 14.7. The number of carbonyl (C=O) groups is 1. The van der Waals surface area contributed by atoms with Crippen molar-refractivity contribution >= 4 is 5.97 Å². The van der Waals surface area contributed by atoms with E-state index < -0.39 is 0 Å². The number of carbonyl (C=O) groups excluding carboxylic acids is 1. The largest absolute Gasteiger partial charge is 0.462 e. The van der Waals surface area contributed by atoms with Crippen LogP contribution in [0.2, 0.25) is 0 Å². The summed E-state index contributed by atoms with van der Waals surface area (Å²) in [6, 6.07) is 0. The Labute approximate surface area is 118 Å². The first kappa shape index (κ1) is 16.3. The van der Waals surface area contributed by atoms with Crippen molar-refractivity contribution in [3.05, 3.63) is 12.7 Å². The summed E-state index contributed by atoms with van der Waals surface area (Å²) in [5.74, 6) is 1.23. The maximum absolute atomic E-state index is 11.0. The van der Waals surface area contributed by atoms with Crippen LogP contribution in [0, 0.1) is 11.8 Å². The van der Waals surface area contributed by atoms with Crippen LogP contribution < -0.4 is 0 Å². The predicted molar refractivity (Wildman–Crippen MR) is 80.0 cm³/mol. The molecule has 0 atom stereocenters. The van der Waals surface area contributed by atoms with E-state index in [2.05, 4.69) is 13.5 Å². The second-order valence-corrected chi connectivity index (χ2v) is 5.92. The predicted octanol–water partition coefficient (Wildman–Crippen LogP) is 4.88. The van der Waals surface area contributed by atoms with Crippen LogP contribution in [-0.4, -0.2) is 12.6 Å². The third kappa shape index (κ3) is 7.39. The number of hydrogen-bond acceptors (Lipinski definition) is 2. The molecule has 0 amide bonds. The quantitative estimate of drug-likeness (QED) is 0.338. The van der Waals surface area contributed by atoms with Gasteiger partial charge in [0.1, 0.15) is 0 Å². The van der Waals surface area contributed by atoms with E-state index >= 15 is 0 Å². The van der Waals surface area contributed by atoms with Gasteiger partial charge in [-0.25, -0.2) is 4.79 Å². The highest BCUT2D eigenvalue weighted by Gasteiger charge is 2.21. The molecule has 0 bridgehead atoms. The SMILES string of the molecule is C=CC(=O)OCC1CCC(CCCCCCC)CC1. The van der Waals surface area contributed by atoms with Gasteiger partial charge >= 0.3 is 5.97 Å². The average Bonchev–Trinajstić information content (AvgIpc) is 2.45. The molecule has 110 valence electrons. The lowest BCUT2D eigenvalue weighted by Crippen LogP contribution is -2.20. The molecule has 1 aliphatic carbocycles. The molecule has 0 aromatic heterocycles. The first-order valence-electron chi connectivity index (χ1n) is 8.05. The van der Waals surface area contributed by atoms with Crippen LogP contribution in [0.15, 0.2) is 12.7 Å². The van der Waals surface area contributed by atoms with Crippen LogP contribution in [0.4, 0.5) is 0 Å². The molecule has 0 N–H and O–H groups in total. The molecule has 1 aliphatic rings. The van der Waals surface area contributed by atoms with Gasteiger partial charge in [0, 0.05) is 6.08 Å². The van der Waals surface area contributed by atoms with Gasteiger partial charge in [-0.3, -0.25) is 0 Å². The molecule has 2 nitrogen and oxygen atoms in total. The molecule has 0 heterocycles. The molecule has 19 heavy (non-hydrogen) atoms. The Morgan fingerprint density at radius 3 is 2.37 bits per heavy atom. The highest BCUT2D eigenvalue weighted by molar-refractivity contribution is 5.81. The fraction of sp³-hybridized carbons (Fsp3) is 0.824. The van der Waals surface area contributed by atoms with Crippen LogP contribution in [0.1, 0.15) is 71.1 Å². The van der Waals surface area contributed by atoms with Gasteiger partial charge in [0.15, 0.2) is 0 Å². The Morgan fingerprint density at radius 1 is 1.11 bits per heavy atom. The van der Waals surface area contributed by atoms with Gasteiger partial charge in [-0.05, 0) is 24.7 Å². The van der Waals surface area contributed by atoms with Crippen LogP contribution >= 0.6 is 0 Å². The summed E-state index contributed by atoms with van der Waals surface area (Å²) in [4.78, 5) is 11.0. The Morgan fingerprint density at radius 2 is 1.74 bits per heavy atom. The van der Waals surface area contributed by atoms with Gasteiger partial charge < -0.3 is 4.74 Å².